The van der Waals surface area contributed by atoms with E-state index in [9.17, 15) is 4.79 Å². The number of hydrogen-bond acceptors (Lipinski definition) is 3. The molecule has 0 radical (unpaired) electrons. The van der Waals surface area contributed by atoms with Crippen molar-refractivity contribution in [2.24, 2.45) is 4.99 Å². The number of amidine groups is 2. The molecule has 0 unspecified atom stereocenters. The molecule has 1 N–H and O–H groups in total. The molecule has 1 amide bonds. The van der Waals surface area contributed by atoms with E-state index in [0.717, 1.165) is 38.4 Å². The van der Waals surface area contributed by atoms with Gasteiger partial charge in [0, 0.05) is 5.41 Å². The first kappa shape index (κ1) is 18.8. The van der Waals surface area contributed by atoms with Gasteiger partial charge in [0.1, 0.15) is 5.84 Å². The molecule has 0 fully saturated rings. The van der Waals surface area contributed by atoms with Crippen LogP contribution in [0.15, 0.2) is 101 Å². The van der Waals surface area contributed by atoms with Gasteiger partial charge in [-0.3, -0.25) is 15.1 Å². The lowest BCUT2D eigenvalue weighted by molar-refractivity contribution is -0.114. The predicted octanol–water partition coefficient (Wildman–Crippen LogP) is 6.30. The molecule has 5 heteroatoms. The summed E-state index contributed by atoms with van der Waals surface area (Å²) in [4.78, 5) is 19.1. The van der Waals surface area contributed by atoms with E-state index in [0.29, 0.717) is 10.7 Å². The number of carbonyl (C=O) groups excluding carboxylic acids is 1. The van der Waals surface area contributed by atoms with Crippen molar-refractivity contribution in [3.8, 4) is 0 Å². The van der Waals surface area contributed by atoms with Gasteiger partial charge in [0.25, 0.3) is 5.91 Å². The Balaban J connectivity index is 1.54. The van der Waals surface area contributed by atoms with E-state index >= 15 is 0 Å². The molecule has 0 saturated carbocycles. The fourth-order valence-electron chi connectivity index (χ4n) is 4.26. The third kappa shape index (κ3) is 2.90. The van der Waals surface area contributed by atoms with Crippen LogP contribution in [0.25, 0.3) is 33.3 Å². The minimum absolute atomic E-state index is 0.150. The van der Waals surface area contributed by atoms with E-state index in [-0.39, 0.29) is 11.7 Å². The van der Waals surface area contributed by atoms with Crippen LogP contribution in [0.5, 0.6) is 0 Å². The number of nitrogens with zero attached hydrogens (tertiary/aromatic N) is 2. The first-order valence-corrected chi connectivity index (χ1v) is 11.2. The van der Waals surface area contributed by atoms with Crippen LogP contribution in [0, 0.1) is 5.41 Å². The molecule has 152 valence electrons. The van der Waals surface area contributed by atoms with Crippen molar-refractivity contribution in [3.05, 3.63) is 107 Å². The summed E-state index contributed by atoms with van der Waals surface area (Å²) in [5.41, 5.74) is 3.07. The van der Waals surface area contributed by atoms with Gasteiger partial charge >= 0.3 is 0 Å². The molecule has 2 aliphatic rings. The number of aliphatic imine (C=N–C) groups is 1. The average Bonchev–Trinajstić information content (AvgIpc) is 3.25. The Kier molecular flexibility index (Phi) is 4.30. The van der Waals surface area contributed by atoms with Crippen molar-refractivity contribution < 1.29 is 4.79 Å². The minimum atomic E-state index is -0.381. The van der Waals surface area contributed by atoms with Gasteiger partial charge in [0.05, 0.1) is 11.3 Å². The number of rotatable bonds is 2. The lowest BCUT2D eigenvalue weighted by Crippen LogP contribution is -2.38. The van der Waals surface area contributed by atoms with E-state index in [1.165, 1.54) is 11.8 Å². The Labute approximate surface area is 189 Å². The highest BCUT2D eigenvalue weighted by Crippen LogP contribution is 2.38. The van der Waals surface area contributed by atoms with Gasteiger partial charge in [-0.2, -0.15) is 4.99 Å². The van der Waals surface area contributed by atoms with Crippen molar-refractivity contribution in [1.82, 2.24) is 4.90 Å². The van der Waals surface area contributed by atoms with Gasteiger partial charge in [0.2, 0.25) is 0 Å². The monoisotopic (exact) mass is 431 g/mol. The van der Waals surface area contributed by atoms with E-state index in [2.05, 4.69) is 35.3 Å². The highest BCUT2D eigenvalue weighted by molar-refractivity contribution is 8.17. The van der Waals surface area contributed by atoms with Crippen LogP contribution in [0.2, 0.25) is 0 Å². The standard InChI is InChI=1S/C27H17N3OS/c28-25-23(26(31)29-27-30(25)24(16-32-27)17-8-2-1-3-9-17)15-22-20-12-6-4-10-18(20)14-19-11-5-7-13-21(19)22/h1-16,28H/b23-15+,28-25?. The Morgan fingerprint density at radius 1 is 0.844 bits per heavy atom. The second-order valence-corrected chi connectivity index (χ2v) is 8.50. The van der Waals surface area contributed by atoms with Crippen molar-refractivity contribution in [1.29, 1.82) is 5.41 Å². The molecule has 0 atom stereocenters. The summed E-state index contributed by atoms with van der Waals surface area (Å²) in [6.45, 7) is 0. The molecule has 0 spiro atoms. The molecule has 2 heterocycles. The Morgan fingerprint density at radius 2 is 1.47 bits per heavy atom. The average molecular weight is 432 g/mol. The van der Waals surface area contributed by atoms with Crippen molar-refractivity contribution in [2.75, 3.05) is 0 Å². The van der Waals surface area contributed by atoms with Crippen LogP contribution in [0.3, 0.4) is 0 Å². The first-order chi connectivity index (χ1) is 15.7. The molecule has 6 rings (SSSR count). The van der Waals surface area contributed by atoms with Crippen LogP contribution < -0.4 is 0 Å². The van der Waals surface area contributed by atoms with Crippen LogP contribution >= 0.6 is 11.8 Å². The van der Waals surface area contributed by atoms with E-state index in [1.807, 2.05) is 66.1 Å². The maximum Gasteiger partial charge on any atom is 0.283 e. The summed E-state index contributed by atoms with van der Waals surface area (Å²) in [7, 11) is 0. The SMILES string of the molecule is N=C1/C(=C\c2c3ccccc3cc3ccccc23)C(=O)N=C2SC=C(c3ccccc3)N12. The lowest BCUT2D eigenvalue weighted by Gasteiger charge is -2.27. The van der Waals surface area contributed by atoms with Gasteiger partial charge in [-0.05, 0) is 44.8 Å². The number of carbonyl (C=O) groups is 1. The molecule has 4 aromatic rings. The zero-order valence-electron chi connectivity index (χ0n) is 16.9. The maximum absolute atomic E-state index is 13.0. The van der Waals surface area contributed by atoms with E-state index < -0.39 is 0 Å². The van der Waals surface area contributed by atoms with Crippen LogP contribution in [0.1, 0.15) is 11.1 Å². The van der Waals surface area contributed by atoms with Gasteiger partial charge in [-0.15, -0.1) is 0 Å². The third-order valence-corrected chi connectivity index (χ3v) is 6.61. The Bertz CT molecular complexity index is 1480. The number of fused-ring (bicyclic) bond motifs is 3. The van der Waals surface area contributed by atoms with Gasteiger partial charge in [0.15, 0.2) is 5.17 Å². The number of hydrogen-bond donors (Lipinski definition) is 1. The molecule has 2 aliphatic heterocycles. The summed E-state index contributed by atoms with van der Waals surface area (Å²) < 4.78 is 0. The molecule has 32 heavy (non-hydrogen) atoms. The molecule has 4 nitrogen and oxygen atoms in total. The van der Waals surface area contributed by atoms with E-state index in [1.54, 1.807) is 4.90 Å². The molecule has 0 saturated heterocycles. The number of benzene rings is 4. The second kappa shape index (κ2) is 7.32. The van der Waals surface area contributed by atoms with Crippen molar-refractivity contribution in [2.45, 2.75) is 0 Å². The normalized spacial score (nSPS) is 17.1. The first-order valence-electron chi connectivity index (χ1n) is 10.3. The fourth-order valence-corrected chi connectivity index (χ4v) is 5.15. The summed E-state index contributed by atoms with van der Waals surface area (Å²) in [6.07, 6.45) is 1.83. The quantitative estimate of drug-likeness (QED) is 0.299. The summed E-state index contributed by atoms with van der Waals surface area (Å²) >= 11 is 1.38. The number of thioether (sulfide) groups is 1. The minimum Gasteiger partial charge on any atom is -0.283 e. The fraction of sp³-hybridized carbons (Fsp3) is 0. The summed E-state index contributed by atoms with van der Waals surface area (Å²) in [5.74, 6) is -0.231. The zero-order valence-corrected chi connectivity index (χ0v) is 17.8. The van der Waals surface area contributed by atoms with Crippen molar-refractivity contribution >= 4 is 62.0 Å². The van der Waals surface area contributed by atoms with E-state index in [4.69, 9.17) is 5.41 Å². The maximum atomic E-state index is 13.0. The highest BCUT2D eigenvalue weighted by atomic mass is 32.2. The molecular formula is C27H17N3OS. The summed E-state index contributed by atoms with van der Waals surface area (Å²) in [5, 5.41) is 15.7. The topological polar surface area (TPSA) is 56.5 Å². The molecule has 0 aromatic heterocycles. The smallest absolute Gasteiger partial charge is 0.283 e. The Morgan fingerprint density at radius 3 is 2.16 bits per heavy atom. The van der Waals surface area contributed by atoms with Gasteiger partial charge < -0.3 is 0 Å². The van der Waals surface area contributed by atoms with Crippen LogP contribution in [-0.2, 0) is 4.79 Å². The zero-order chi connectivity index (χ0) is 21.7. The van der Waals surface area contributed by atoms with Crippen LogP contribution in [-0.4, -0.2) is 21.8 Å². The highest BCUT2D eigenvalue weighted by Gasteiger charge is 2.36. The molecular weight excluding hydrogens is 414 g/mol. The van der Waals surface area contributed by atoms with Gasteiger partial charge in [-0.1, -0.05) is 90.6 Å². The van der Waals surface area contributed by atoms with Crippen molar-refractivity contribution in [3.63, 3.8) is 0 Å². The third-order valence-electron chi connectivity index (χ3n) is 5.79. The van der Waals surface area contributed by atoms with Gasteiger partial charge in [-0.25, -0.2) is 0 Å². The second-order valence-electron chi connectivity index (χ2n) is 7.66. The molecule has 0 aliphatic carbocycles. The number of amides is 1. The Hall–Kier alpha value is -3.96. The predicted molar refractivity (Wildman–Crippen MR) is 133 cm³/mol. The van der Waals surface area contributed by atoms with Crippen LogP contribution in [0.4, 0.5) is 0 Å². The summed E-state index contributed by atoms with van der Waals surface area (Å²) in [6, 6.07) is 28.3. The largest absolute Gasteiger partial charge is 0.283 e. The number of nitrogens with one attached hydrogen (secondary N) is 1. The molecule has 4 aromatic carbocycles. The molecule has 0 bridgehead atoms. The lowest BCUT2D eigenvalue weighted by atomic mass is 9.94.